The van der Waals surface area contributed by atoms with Gasteiger partial charge in [-0.25, -0.2) is 9.97 Å². The summed E-state index contributed by atoms with van der Waals surface area (Å²) in [6.45, 7) is 6.20. The van der Waals surface area contributed by atoms with Crippen LogP contribution in [0.3, 0.4) is 0 Å². The van der Waals surface area contributed by atoms with Crippen LogP contribution in [-0.2, 0) is 21.8 Å². The van der Waals surface area contributed by atoms with Gasteiger partial charge < -0.3 is 5.32 Å². The Morgan fingerprint density at radius 1 is 0.935 bits per heavy atom. The van der Waals surface area contributed by atoms with Gasteiger partial charge in [0, 0.05) is 11.1 Å². The first-order valence-electron chi connectivity index (χ1n) is 10.3. The van der Waals surface area contributed by atoms with E-state index in [0.717, 1.165) is 29.8 Å². The maximum Gasteiger partial charge on any atom is 0.416 e. The normalized spacial score (nSPS) is 26.1. The molecule has 2 aliphatic rings. The third kappa shape index (κ3) is 2.46. The number of alkyl halides is 3. The summed E-state index contributed by atoms with van der Waals surface area (Å²) in [7, 11) is 0. The van der Waals surface area contributed by atoms with Crippen molar-refractivity contribution in [2.24, 2.45) is 5.41 Å². The number of amides is 1. The van der Waals surface area contributed by atoms with Crippen LogP contribution in [0, 0.1) is 5.41 Å². The molecule has 0 spiro atoms. The molecule has 0 aliphatic heterocycles. The number of carbonyl (C=O) groups is 1. The molecule has 2 aromatic carbocycles. The molecular formula is C24H22F3N3O. The molecule has 1 heterocycles. The maximum atomic E-state index is 13.8. The lowest BCUT2D eigenvalue weighted by atomic mass is 9.63. The van der Waals surface area contributed by atoms with E-state index in [2.05, 4.69) is 12.2 Å². The molecular weight excluding hydrogens is 403 g/mol. The Balaban J connectivity index is 1.64. The Kier molecular flexibility index (Phi) is 3.90. The lowest BCUT2D eigenvalue weighted by Gasteiger charge is -2.39. The van der Waals surface area contributed by atoms with Gasteiger partial charge in [0.15, 0.2) is 0 Å². The van der Waals surface area contributed by atoms with Crippen molar-refractivity contribution in [1.29, 1.82) is 0 Å². The van der Waals surface area contributed by atoms with Gasteiger partial charge >= 0.3 is 6.18 Å². The molecule has 1 saturated carbocycles. The second-order valence-corrected chi connectivity index (χ2v) is 9.30. The lowest BCUT2D eigenvalue weighted by Crippen LogP contribution is -2.48. The number of benzene rings is 2. The highest BCUT2D eigenvalue weighted by atomic mass is 19.4. The van der Waals surface area contributed by atoms with Crippen LogP contribution >= 0.6 is 0 Å². The van der Waals surface area contributed by atoms with Gasteiger partial charge in [-0.2, -0.15) is 13.2 Å². The number of anilines is 1. The summed E-state index contributed by atoms with van der Waals surface area (Å²) >= 11 is 0. The first-order valence-corrected chi connectivity index (χ1v) is 10.3. The zero-order valence-electron chi connectivity index (χ0n) is 17.5. The second kappa shape index (κ2) is 6.05. The number of nitrogens with one attached hydrogen (secondary N) is 1. The van der Waals surface area contributed by atoms with Gasteiger partial charge in [-0.3, -0.25) is 4.79 Å². The van der Waals surface area contributed by atoms with E-state index in [4.69, 9.17) is 9.97 Å². The molecule has 2 aliphatic carbocycles. The number of nitrogens with zero attached hydrogens (tertiary/aromatic N) is 2. The fourth-order valence-corrected chi connectivity index (χ4v) is 5.56. The quantitative estimate of drug-likeness (QED) is 0.580. The Bertz CT molecular complexity index is 1240. The van der Waals surface area contributed by atoms with Gasteiger partial charge in [-0.1, -0.05) is 39.0 Å². The van der Waals surface area contributed by atoms with Crippen molar-refractivity contribution in [3.05, 3.63) is 65.5 Å². The van der Waals surface area contributed by atoms with E-state index in [1.165, 1.54) is 12.1 Å². The molecule has 0 saturated heterocycles. The van der Waals surface area contributed by atoms with E-state index >= 15 is 0 Å². The predicted molar refractivity (Wildman–Crippen MR) is 112 cm³/mol. The standard InChI is InChI=1S/C24H22F3N3O/c1-21(2)22(3)11-12-23(21,19-18(22)29-16-9-4-5-10-17(16)30-19)20(31)28-15-8-6-7-14(13-15)24(25,26)27/h4-10,13H,11-12H2,1-3H3,(H,28,31). The van der Waals surface area contributed by atoms with Crippen LogP contribution in [0.15, 0.2) is 48.5 Å². The Morgan fingerprint density at radius 3 is 2.23 bits per heavy atom. The summed E-state index contributed by atoms with van der Waals surface area (Å²) in [4.78, 5) is 23.5. The molecule has 7 heteroatoms. The van der Waals surface area contributed by atoms with Crippen LogP contribution in [0.1, 0.15) is 50.6 Å². The second-order valence-electron chi connectivity index (χ2n) is 9.30. The number of aromatic nitrogens is 2. The molecule has 2 unspecified atom stereocenters. The van der Waals surface area contributed by atoms with E-state index < -0.39 is 22.6 Å². The zero-order chi connectivity index (χ0) is 22.2. The number of halogens is 3. The smallest absolute Gasteiger partial charge is 0.325 e. The molecule has 1 fully saturated rings. The summed E-state index contributed by atoms with van der Waals surface area (Å²) in [5.41, 5.74) is 0.449. The molecule has 3 aromatic rings. The SMILES string of the molecule is CC12CCC(C(=O)Nc3cccc(C(F)(F)F)c3)(c3nc4ccccc4nc31)C2(C)C. The van der Waals surface area contributed by atoms with Crippen LogP contribution in [0.25, 0.3) is 11.0 Å². The molecule has 2 bridgehead atoms. The van der Waals surface area contributed by atoms with Gasteiger partial charge in [0.05, 0.1) is 33.4 Å². The van der Waals surface area contributed by atoms with Crippen LogP contribution in [0.2, 0.25) is 0 Å². The molecule has 0 radical (unpaired) electrons. The van der Waals surface area contributed by atoms with Crippen molar-refractivity contribution in [3.63, 3.8) is 0 Å². The van der Waals surface area contributed by atoms with Gasteiger partial charge in [-0.15, -0.1) is 0 Å². The Labute approximate surface area is 177 Å². The zero-order valence-corrected chi connectivity index (χ0v) is 17.5. The predicted octanol–water partition coefficient (Wildman–Crippen LogP) is 5.62. The van der Waals surface area contributed by atoms with Gasteiger partial charge in [0.2, 0.25) is 5.91 Å². The average Bonchev–Trinajstić information content (AvgIpc) is 3.01. The van der Waals surface area contributed by atoms with Crippen molar-refractivity contribution in [2.75, 3.05) is 5.32 Å². The number of carbonyl (C=O) groups excluding carboxylic acids is 1. The minimum Gasteiger partial charge on any atom is -0.325 e. The van der Waals surface area contributed by atoms with Gasteiger partial charge in [-0.05, 0) is 48.6 Å². The largest absolute Gasteiger partial charge is 0.416 e. The lowest BCUT2D eigenvalue weighted by molar-refractivity contribution is -0.137. The molecule has 1 amide bonds. The number of hydrogen-bond donors (Lipinski definition) is 1. The van der Waals surface area contributed by atoms with Crippen LogP contribution in [0.4, 0.5) is 18.9 Å². The summed E-state index contributed by atoms with van der Waals surface area (Å²) in [5, 5.41) is 2.77. The van der Waals surface area contributed by atoms with E-state index in [-0.39, 0.29) is 17.0 Å². The molecule has 31 heavy (non-hydrogen) atoms. The molecule has 4 nitrogen and oxygen atoms in total. The van der Waals surface area contributed by atoms with Crippen molar-refractivity contribution in [2.45, 2.75) is 50.6 Å². The number of hydrogen-bond acceptors (Lipinski definition) is 3. The maximum absolute atomic E-state index is 13.8. The van der Waals surface area contributed by atoms with Gasteiger partial charge in [0.25, 0.3) is 0 Å². The van der Waals surface area contributed by atoms with Crippen molar-refractivity contribution >= 4 is 22.6 Å². The highest BCUT2D eigenvalue weighted by molar-refractivity contribution is 6.02. The monoisotopic (exact) mass is 425 g/mol. The van der Waals surface area contributed by atoms with Crippen LogP contribution in [-0.4, -0.2) is 15.9 Å². The summed E-state index contributed by atoms with van der Waals surface area (Å²) < 4.78 is 39.4. The summed E-state index contributed by atoms with van der Waals surface area (Å²) in [6, 6.07) is 12.3. The van der Waals surface area contributed by atoms with Crippen LogP contribution in [0.5, 0.6) is 0 Å². The topological polar surface area (TPSA) is 54.9 Å². The molecule has 160 valence electrons. The minimum atomic E-state index is -4.48. The third-order valence-electron chi connectivity index (χ3n) is 7.78. The van der Waals surface area contributed by atoms with Crippen molar-refractivity contribution in [3.8, 4) is 0 Å². The van der Waals surface area contributed by atoms with Gasteiger partial charge in [0.1, 0.15) is 0 Å². The summed E-state index contributed by atoms with van der Waals surface area (Å²) in [5.74, 6) is -0.330. The molecule has 2 atom stereocenters. The summed E-state index contributed by atoms with van der Waals surface area (Å²) in [6.07, 6.45) is -3.15. The molecule has 1 aromatic heterocycles. The Morgan fingerprint density at radius 2 is 1.58 bits per heavy atom. The Hall–Kier alpha value is -2.96. The van der Waals surface area contributed by atoms with E-state index in [1.54, 1.807) is 0 Å². The fourth-order valence-electron chi connectivity index (χ4n) is 5.56. The molecule has 5 rings (SSSR count). The van der Waals surface area contributed by atoms with Crippen molar-refractivity contribution in [1.82, 2.24) is 9.97 Å². The highest BCUT2D eigenvalue weighted by Crippen LogP contribution is 2.70. The van der Waals surface area contributed by atoms with E-state index in [0.29, 0.717) is 17.6 Å². The molecule has 1 N–H and O–H groups in total. The van der Waals surface area contributed by atoms with Crippen LogP contribution < -0.4 is 5.32 Å². The van der Waals surface area contributed by atoms with Crippen molar-refractivity contribution < 1.29 is 18.0 Å². The van der Waals surface area contributed by atoms with E-state index in [1.807, 2.05) is 38.1 Å². The van der Waals surface area contributed by atoms with E-state index in [9.17, 15) is 18.0 Å². The minimum absolute atomic E-state index is 0.126. The third-order valence-corrected chi connectivity index (χ3v) is 7.78. The first kappa shape index (κ1) is 20.0. The highest BCUT2D eigenvalue weighted by Gasteiger charge is 2.73. The number of para-hydroxylation sites is 2. The average molecular weight is 425 g/mol. The fraction of sp³-hybridized carbons (Fsp3) is 0.375. The number of fused-ring (bicyclic) bond motifs is 6. The number of rotatable bonds is 2. The first-order chi connectivity index (χ1) is 14.5.